The Bertz CT molecular complexity index is 640. The normalized spacial score (nSPS) is 13.6. The van der Waals surface area contributed by atoms with Crippen LogP contribution in [-0.2, 0) is 25.7 Å². The topological polar surface area (TPSA) is 0 Å². The van der Waals surface area contributed by atoms with E-state index in [2.05, 4.69) is 38.1 Å². The monoisotopic (exact) mass is 284 g/mol. The molecule has 0 saturated heterocycles. The molecule has 0 aromatic heterocycles. The van der Waals surface area contributed by atoms with E-state index in [0.717, 1.165) is 17.9 Å². The van der Waals surface area contributed by atoms with E-state index in [-0.39, 0.29) is 0 Å². The van der Waals surface area contributed by atoms with Crippen molar-refractivity contribution in [2.45, 2.75) is 46.0 Å². The van der Waals surface area contributed by atoms with Gasteiger partial charge in [-0.3, -0.25) is 0 Å². The highest BCUT2D eigenvalue weighted by Crippen LogP contribution is 2.26. The number of hydrogen-bond donors (Lipinski definition) is 0. The number of aryl methyl sites for hydroxylation is 6. The van der Waals surface area contributed by atoms with E-state index in [1.807, 2.05) is 6.07 Å². The van der Waals surface area contributed by atoms with Crippen LogP contribution < -0.4 is 0 Å². The average Bonchev–Trinajstić information content (AvgIpc) is 2.84. The summed E-state index contributed by atoms with van der Waals surface area (Å²) in [5.74, 6) is 0. The molecule has 1 aliphatic carbocycles. The molecule has 0 bridgehead atoms. The molecular weight excluding hydrogens is 264 g/mol. The molecule has 0 nitrogen and oxygen atoms in total. The first-order chi connectivity index (χ1) is 9.63. The number of halogens is 1. The molecular formula is C19H21Cl. The maximum absolute atomic E-state index is 6.02. The Labute approximate surface area is 126 Å². The predicted molar refractivity (Wildman–Crippen MR) is 86.8 cm³/mol. The Morgan fingerprint density at radius 3 is 2.25 bits per heavy atom. The SMILES string of the molecule is Cc1cc(Cl)ccc1CCc1cc2c(cc1C)CCC2. The fraction of sp³-hybridized carbons (Fsp3) is 0.368. The van der Waals surface area contributed by atoms with Gasteiger partial charge in [0, 0.05) is 5.02 Å². The molecule has 1 heteroatoms. The van der Waals surface area contributed by atoms with Crippen LogP contribution in [-0.4, -0.2) is 0 Å². The van der Waals surface area contributed by atoms with Gasteiger partial charge >= 0.3 is 0 Å². The molecule has 0 N–H and O–H groups in total. The van der Waals surface area contributed by atoms with E-state index in [4.69, 9.17) is 11.6 Å². The van der Waals surface area contributed by atoms with E-state index in [0.29, 0.717) is 0 Å². The lowest BCUT2D eigenvalue weighted by molar-refractivity contribution is 0.910. The van der Waals surface area contributed by atoms with E-state index in [1.165, 1.54) is 41.5 Å². The zero-order valence-corrected chi connectivity index (χ0v) is 13.1. The summed E-state index contributed by atoms with van der Waals surface area (Å²) in [6.07, 6.45) is 6.09. The summed E-state index contributed by atoms with van der Waals surface area (Å²) in [6.45, 7) is 4.40. The van der Waals surface area contributed by atoms with Gasteiger partial charge in [-0.15, -0.1) is 0 Å². The summed E-state index contributed by atoms with van der Waals surface area (Å²) >= 11 is 6.02. The molecule has 0 radical (unpaired) electrons. The van der Waals surface area contributed by atoms with Crippen molar-refractivity contribution >= 4 is 11.6 Å². The second-order valence-electron chi connectivity index (χ2n) is 5.97. The molecule has 104 valence electrons. The molecule has 3 rings (SSSR count). The highest BCUT2D eigenvalue weighted by molar-refractivity contribution is 6.30. The lowest BCUT2D eigenvalue weighted by atomic mass is 9.95. The lowest BCUT2D eigenvalue weighted by Crippen LogP contribution is -1.98. The van der Waals surface area contributed by atoms with Gasteiger partial charge in [-0.25, -0.2) is 0 Å². The van der Waals surface area contributed by atoms with Gasteiger partial charge in [0.05, 0.1) is 0 Å². The Morgan fingerprint density at radius 1 is 0.850 bits per heavy atom. The van der Waals surface area contributed by atoms with Crippen LogP contribution in [0.5, 0.6) is 0 Å². The van der Waals surface area contributed by atoms with Crippen LogP contribution in [0.3, 0.4) is 0 Å². The van der Waals surface area contributed by atoms with Crippen LogP contribution in [0, 0.1) is 13.8 Å². The van der Waals surface area contributed by atoms with Gasteiger partial charge in [0.25, 0.3) is 0 Å². The number of rotatable bonds is 3. The molecule has 0 spiro atoms. The highest BCUT2D eigenvalue weighted by Gasteiger charge is 2.13. The molecule has 0 aliphatic heterocycles. The highest BCUT2D eigenvalue weighted by atomic mass is 35.5. The van der Waals surface area contributed by atoms with E-state index in [1.54, 1.807) is 11.1 Å². The van der Waals surface area contributed by atoms with Crippen molar-refractivity contribution in [1.29, 1.82) is 0 Å². The predicted octanol–water partition coefficient (Wildman–Crippen LogP) is 5.23. The van der Waals surface area contributed by atoms with Gasteiger partial charge < -0.3 is 0 Å². The number of benzene rings is 2. The first-order valence-electron chi connectivity index (χ1n) is 7.50. The molecule has 1 aliphatic rings. The molecule has 20 heavy (non-hydrogen) atoms. The second kappa shape index (κ2) is 5.61. The van der Waals surface area contributed by atoms with Crippen molar-refractivity contribution in [1.82, 2.24) is 0 Å². The van der Waals surface area contributed by atoms with Crippen LogP contribution in [0.1, 0.15) is 39.8 Å². The molecule has 0 atom stereocenters. The van der Waals surface area contributed by atoms with Crippen molar-refractivity contribution in [2.24, 2.45) is 0 Å². The minimum atomic E-state index is 0.833. The van der Waals surface area contributed by atoms with Crippen molar-refractivity contribution < 1.29 is 0 Å². The summed E-state index contributed by atoms with van der Waals surface area (Å²) in [6, 6.07) is 11.1. The van der Waals surface area contributed by atoms with Gasteiger partial charge in [-0.2, -0.15) is 0 Å². The van der Waals surface area contributed by atoms with Gasteiger partial charge in [0.2, 0.25) is 0 Å². The largest absolute Gasteiger partial charge is 0.0843 e. The van der Waals surface area contributed by atoms with Crippen molar-refractivity contribution in [3.05, 3.63) is 68.7 Å². The third-order valence-corrected chi connectivity index (χ3v) is 4.75. The Hall–Kier alpha value is -1.27. The quantitative estimate of drug-likeness (QED) is 0.724. The number of hydrogen-bond acceptors (Lipinski definition) is 0. The molecule has 2 aromatic rings. The van der Waals surface area contributed by atoms with Crippen LogP contribution in [0.25, 0.3) is 0 Å². The zero-order valence-electron chi connectivity index (χ0n) is 12.3. The van der Waals surface area contributed by atoms with Crippen molar-refractivity contribution in [3.63, 3.8) is 0 Å². The molecule has 0 fully saturated rings. The Balaban J connectivity index is 1.78. The molecule has 0 unspecified atom stereocenters. The summed E-state index contributed by atoms with van der Waals surface area (Å²) in [5.41, 5.74) is 8.84. The molecule has 0 amide bonds. The minimum absolute atomic E-state index is 0.833. The zero-order chi connectivity index (χ0) is 14.1. The minimum Gasteiger partial charge on any atom is -0.0843 e. The third-order valence-electron chi connectivity index (χ3n) is 4.52. The fourth-order valence-electron chi connectivity index (χ4n) is 3.28. The van der Waals surface area contributed by atoms with E-state index < -0.39 is 0 Å². The van der Waals surface area contributed by atoms with Gasteiger partial charge in [-0.1, -0.05) is 29.8 Å². The molecule has 0 heterocycles. The van der Waals surface area contributed by atoms with Crippen LogP contribution in [0.15, 0.2) is 30.3 Å². The lowest BCUT2D eigenvalue weighted by Gasteiger charge is -2.11. The van der Waals surface area contributed by atoms with Crippen molar-refractivity contribution in [3.8, 4) is 0 Å². The van der Waals surface area contributed by atoms with Crippen LogP contribution in [0.4, 0.5) is 0 Å². The third kappa shape index (κ3) is 2.76. The number of fused-ring (bicyclic) bond motifs is 1. The van der Waals surface area contributed by atoms with Crippen LogP contribution >= 0.6 is 11.6 Å². The second-order valence-corrected chi connectivity index (χ2v) is 6.41. The average molecular weight is 285 g/mol. The van der Waals surface area contributed by atoms with Crippen LogP contribution in [0.2, 0.25) is 5.02 Å². The summed E-state index contributed by atoms with van der Waals surface area (Å²) in [7, 11) is 0. The fourth-order valence-corrected chi connectivity index (χ4v) is 3.50. The van der Waals surface area contributed by atoms with Gasteiger partial charge in [0.1, 0.15) is 0 Å². The standard InChI is InChI=1S/C19H21Cl/c1-13-10-17-4-3-5-18(17)12-16(13)7-6-15-8-9-19(20)11-14(15)2/h8-12H,3-7H2,1-2H3. The maximum Gasteiger partial charge on any atom is 0.0408 e. The summed E-state index contributed by atoms with van der Waals surface area (Å²) in [4.78, 5) is 0. The summed E-state index contributed by atoms with van der Waals surface area (Å²) in [5, 5.41) is 0.833. The Kier molecular flexibility index (Phi) is 3.85. The first kappa shape index (κ1) is 13.7. The first-order valence-corrected chi connectivity index (χ1v) is 7.87. The van der Waals surface area contributed by atoms with E-state index >= 15 is 0 Å². The van der Waals surface area contributed by atoms with Crippen molar-refractivity contribution in [2.75, 3.05) is 0 Å². The van der Waals surface area contributed by atoms with E-state index in [9.17, 15) is 0 Å². The van der Waals surface area contributed by atoms with Gasteiger partial charge in [0.15, 0.2) is 0 Å². The summed E-state index contributed by atoms with van der Waals surface area (Å²) < 4.78 is 0. The smallest absolute Gasteiger partial charge is 0.0408 e. The van der Waals surface area contributed by atoms with Gasteiger partial charge in [-0.05, 0) is 91.5 Å². The molecule has 0 saturated carbocycles. The Morgan fingerprint density at radius 2 is 1.50 bits per heavy atom. The maximum atomic E-state index is 6.02. The molecule has 2 aromatic carbocycles.